The Morgan fingerprint density at radius 3 is 2.65 bits per heavy atom. The number of thiophene rings is 1. The highest BCUT2D eigenvalue weighted by Gasteiger charge is 2.17. The molecule has 23 heavy (non-hydrogen) atoms. The third-order valence-electron chi connectivity index (χ3n) is 3.99. The molecular formula is C18H20N2O2S. The summed E-state index contributed by atoms with van der Waals surface area (Å²) in [5, 5.41) is 2.90. The summed E-state index contributed by atoms with van der Waals surface area (Å²) in [6, 6.07) is 9.07. The second kappa shape index (κ2) is 6.54. The number of anilines is 1. The number of hydrogen-bond donors (Lipinski definition) is 1. The maximum absolute atomic E-state index is 12.5. The summed E-state index contributed by atoms with van der Waals surface area (Å²) in [5.41, 5.74) is 2.54. The Balaban J connectivity index is 1.76. The fourth-order valence-corrected chi connectivity index (χ4v) is 3.93. The fraction of sp³-hybridized carbons (Fsp3) is 0.333. The lowest BCUT2D eigenvalue weighted by molar-refractivity contribution is 0.0827. The van der Waals surface area contributed by atoms with E-state index in [9.17, 15) is 9.59 Å². The van der Waals surface area contributed by atoms with E-state index in [4.69, 9.17) is 0 Å². The molecule has 1 aromatic heterocycles. The van der Waals surface area contributed by atoms with Crippen LogP contribution >= 0.6 is 11.3 Å². The number of carbonyl (C=O) groups is 2. The third kappa shape index (κ3) is 3.45. The summed E-state index contributed by atoms with van der Waals surface area (Å²) < 4.78 is 0. The van der Waals surface area contributed by atoms with Gasteiger partial charge >= 0.3 is 0 Å². The van der Waals surface area contributed by atoms with Crippen molar-refractivity contribution in [3.05, 3.63) is 51.2 Å². The van der Waals surface area contributed by atoms with Crippen molar-refractivity contribution in [2.45, 2.75) is 25.7 Å². The van der Waals surface area contributed by atoms with Crippen molar-refractivity contribution in [3.8, 4) is 0 Å². The van der Waals surface area contributed by atoms with E-state index in [1.807, 2.05) is 6.07 Å². The molecular weight excluding hydrogens is 308 g/mol. The number of fused-ring (bicyclic) bond motifs is 1. The van der Waals surface area contributed by atoms with Crippen molar-refractivity contribution < 1.29 is 9.59 Å². The van der Waals surface area contributed by atoms with E-state index >= 15 is 0 Å². The first kappa shape index (κ1) is 15.7. The predicted molar refractivity (Wildman–Crippen MR) is 93.4 cm³/mol. The Labute approximate surface area is 140 Å². The smallest absolute Gasteiger partial charge is 0.265 e. The number of hydrogen-bond acceptors (Lipinski definition) is 3. The average molecular weight is 328 g/mol. The highest BCUT2D eigenvalue weighted by Crippen LogP contribution is 2.30. The number of carbonyl (C=O) groups excluding carboxylic acids is 2. The van der Waals surface area contributed by atoms with E-state index in [1.165, 1.54) is 28.2 Å². The monoisotopic (exact) mass is 328 g/mol. The molecule has 0 bridgehead atoms. The number of rotatable bonds is 3. The molecule has 3 rings (SSSR count). The maximum atomic E-state index is 12.5. The van der Waals surface area contributed by atoms with Crippen LogP contribution in [0.1, 0.15) is 43.3 Å². The molecule has 1 aromatic carbocycles. The van der Waals surface area contributed by atoms with Crippen molar-refractivity contribution in [2.75, 3.05) is 19.4 Å². The van der Waals surface area contributed by atoms with Crippen LogP contribution < -0.4 is 5.32 Å². The molecule has 0 aliphatic heterocycles. The Morgan fingerprint density at radius 2 is 1.91 bits per heavy atom. The van der Waals surface area contributed by atoms with Gasteiger partial charge in [-0.3, -0.25) is 9.59 Å². The summed E-state index contributed by atoms with van der Waals surface area (Å²) in [6.07, 6.45) is 4.58. The third-order valence-corrected chi connectivity index (χ3v) is 5.23. The van der Waals surface area contributed by atoms with Gasteiger partial charge in [-0.05, 0) is 55.5 Å². The van der Waals surface area contributed by atoms with Gasteiger partial charge in [0, 0.05) is 30.2 Å². The zero-order chi connectivity index (χ0) is 16.4. The number of amides is 2. The van der Waals surface area contributed by atoms with Gasteiger partial charge in [-0.2, -0.15) is 0 Å². The van der Waals surface area contributed by atoms with E-state index in [1.54, 1.807) is 49.7 Å². The van der Waals surface area contributed by atoms with Crippen molar-refractivity contribution in [2.24, 2.45) is 0 Å². The standard InChI is InChI=1S/C18H20N2O2S/c1-20(2)18(22)13-7-5-8-14(10-13)19-17(21)16-11-12-6-3-4-9-15(12)23-16/h5,7-8,10-11H,3-4,6,9H2,1-2H3,(H,19,21). The van der Waals surface area contributed by atoms with Gasteiger partial charge in [0.15, 0.2) is 0 Å². The van der Waals surface area contributed by atoms with Crippen molar-refractivity contribution in [1.82, 2.24) is 4.90 Å². The second-order valence-electron chi connectivity index (χ2n) is 6.00. The molecule has 0 atom stereocenters. The van der Waals surface area contributed by atoms with Crippen LogP contribution in [0.5, 0.6) is 0 Å². The van der Waals surface area contributed by atoms with Gasteiger partial charge in [0.05, 0.1) is 4.88 Å². The van der Waals surface area contributed by atoms with Crippen LogP contribution in [0.2, 0.25) is 0 Å². The van der Waals surface area contributed by atoms with Gasteiger partial charge in [-0.15, -0.1) is 11.3 Å². The molecule has 5 heteroatoms. The van der Waals surface area contributed by atoms with Gasteiger partial charge < -0.3 is 10.2 Å². The number of nitrogens with one attached hydrogen (secondary N) is 1. The number of nitrogens with zero attached hydrogens (tertiary/aromatic N) is 1. The molecule has 1 N–H and O–H groups in total. The first-order valence-corrected chi connectivity index (χ1v) is 8.61. The lowest BCUT2D eigenvalue weighted by atomic mass is 9.99. The zero-order valence-corrected chi connectivity index (χ0v) is 14.2. The van der Waals surface area contributed by atoms with Crippen LogP contribution in [0.4, 0.5) is 5.69 Å². The Kier molecular flexibility index (Phi) is 4.48. The number of aryl methyl sites for hydroxylation is 2. The lowest BCUT2D eigenvalue weighted by Crippen LogP contribution is -2.21. The van der Waals surface area contributed by atoms with Crippen LogP contribution in [0, 0.1) is 0 Å². The van der Waals surface area contributed by atoms with Gasteiger partial charge in [-0.25, -0.2) is 0 Å². The van der Waals surface area contributed by atoms with E-state index in [0.717, 1.165) is 17.7 Å². The van der Waals surface area contributed by atoms with Crippen molar-refractivity contribution in [3.63, 3.8) is 0 Å². The molecule has 0 radical (unpaired) electrons. The van der Waals surface area contributed by atoms with Gasteiger partial charge in [0.2, 0.25) is 0 Å². The summed E-state index contributed by atoms with van der Waals surface area (Å²) in [4.78, 5) is 28.1. The van der Waals surface area contributed by atoms with Gasteiger partial charge in [-0.1, -0.05) is 6.07 Å². The fourth-order valence-electron chi connectivity index (χ4n) is 2.78. The lowest BCUT2D eigenvalue weighted by Gasteiger charge is -2.11. The van der Waals surface area contributed by atoms with Crippen molar-refractivity contribution >= 4 is 28.8 Å². The molecule has 0 unspecified atom stereocenters. The quantitative estimate of drug-likeness (QED) is 0.936. The van der Waals surface area contributed by atoms with Crippen LogP contribution in [0.3, 0.4) is 0 Å². The molecule has 120 valence electrons. The predicted octanol–water partition coefficient (Wildman–Crippen LogP) is 3.58. The zero-order valence-electron chi connectivity index (χ0n) is 13.4. The SMILES string of the molecule is CN(C)C(=O)c1cccc(NC(=O)c2cc3c(s2)CCCC3)c1. The highest BCUT2D eigenvalue weighted by atomic mass is 32.1. The molecule has 2 aromatic rings. The van der Waals surface area contributed by atoms with Crippen LogP contribution in [0.25, 0.3) is 0 Å². The van der Waals surface area contributed by atoms with E-state index in [2.05, 4.69) is 5.32 Å². The molecule has 1 heterocycles. The molecule has 2 amide bonds. The molecule has 1 aliphatic carbocycles. The Bertz CT molecular complexity index is 726. The van der Waals surface area contributed by atoms with Crippen molar-refractivity contribution in [1.29, 1.82) is 0 Å². The number of benzene rings is 1. The molecule has 0 spiro atoms. The summed E-state index contributed by atoms with van der Waals surface area (Å²) in [5.74, 6) is -0.175. The molecule has 4 nitrogen and oxygen atoms in total. The minimum absolute atomic E-state index is 0.0762. The van der Waals surface area contributed by atoms with E-state index < -0.39 is 0 Å². The molecule has 1 aliphatic rings. The minimum Gasteiger partial charge on any atom is -0.345 e. The van der Waals surface area contributed by atoms with Gasteiger partial charge in [0.25, 0.3) is 11.8 Å². The molecule has 0 fully saturated rings. The molecule has 0 saturated carbocycles. The summed E-state index contributed by atoms with van der Waals surface area (Å²) in [7, 11) is 3.42. The van der Waals surface area contributed by atoms with Crippen LogP contribution in [-0.4, -0.2) is 30.8 Å². The van der Waals surface area contributed by atoms with Gasteiger partial charge in [0.1, 0.15) is 0 Å². The topological polar surface area (TPSA) is 49.4 Å². The van der Waals surface area contributed by atoms with E-state index in [0.29, 0.717) is 11.3 Å². The summed E-state index contributed by atoms with van der Waals surface area (Å²) >= 11 is 1.59. The second-order valence-corrected chi connectivity index (χ2v) is 7.14. The van der Waals surface area contributed by atoms with Crippen LogP contribution in [0.15, 0.2) is 30.3 Å². The Morgan fingerprint density at radius 1 is 1.13 bits per heavy atom. The average Bonchev–Trinajstić information content (AvgIpc) is 2.98. The van der Waals surface area contributed by atoms with E-state index in [-0.39, 0.29) is 11.8 Å². The first-order valence-electron chi connectivity index (χ1n) is 7.79. The summed E-state index contributed by atoms with van der Waals surface area (Å²) in [6.45, 7) is 0. The minimum atomic E-state index is -0.0983. The normalized spacial score (nSPS) is 13.3. The van der Waals surface area contributed by atoms with Crippen LogP contribution in [-0.2, 0) is 12.8 Å². The highest BCUT2D eigenvalue weighted by molar-refractivity contribution is 7.14. The molecule has 0 saturated heterocycles. The maximum Gasteiger partial charge on any atom is 0.265 e. The Hall–Kier alpha value is -2.14. The first-order chi connectivity index (χ1) is 11.0. The largest absolute Gasteiger partial charge is 0.345 e.